The zero-order valence-electron chi connectivity index (χ0n) is 19.7. The van der Waals surface area contributed by atoms with Gasteiger partial charge in [0, 0.05) is 13.1 Å². The number of allylic oxidation sites excluding steroid dienone is 2. The molecule has 7 heteroatoms. The molecule has 3 N–H and O–H groups in total. The summed E-state index contributed by atoms with van der Waals surface area (Å²) >= 11 is 12.6. The van der Waals surface area contributed by atoms with Crippen LogP contribution in [0.25, 0.3) is 0 Å². The number of piperidine rings is 1. The Balaban J connectivity index is 1.49. The van der Waals surface area contributed by atoms with Crippen LogP contribution in [0.3, 0.4) is 0 Å². The van der Waals surface area contributed by atoms with Gasteiger partial charge in [-0.1, -0.05) is 38.3 Å². The van der Waals surface area contributed by atoms with Gasteiger partial charge in [0.1, 0.15) is 18.6 Å². The van der Waals surface area contributed by atoms with Gasteiger partial charge in [0.2, 0.25) is 0 Å². The summed E-state index contributed by atoms with van der Waals surface area (Å²) in [6.45, 7) is 5.83. The third-order valence-corrected chi connectivity index (χ3v) is 8.90. The van der Waals surface area contributed by atoms with E-state index in [-0.39, 0.29) is 22.7 Å². The highest BCUT2D eigenvalue weighted by Crippen LogP contribution is 2.35. The molecule has 0 radical (unpaired) electrons. The van der Waals surface area contributed by atoms with Crippen molar-refractivity contribution in [1.29, 1.82) is 0 Å². The molecule has 1 aliphatic heterocycles. The third kappa shape index (κ3) is 7.55. The molecule has 3 rings (SSSR count). The smallest absolute Gasteiger partial charge is 0.123 e. The fourth-order valence-corrected chi connectivity index (χ4v) is 6.23. The van der Waals surface area contributed by atoms with E-state index in [1.165, 1.54) is 5.57 Å². The van der Waals surface area contributed by atoms with E-state index in [1.807, 2.05) is 0 Å². The van der Waals surface area contributed by atoms with Gasteiger partial charge in [-0.05, 0) is 69.1 Å². The van der Waals surface area contributed by atoms with E-state index in [9.17, 15) is 14.6 Å². The van der Waals surface area contributed by atoms with Gasteiger partial charge in [0.05, 0.1) is 16.8 Å². The van der Waals surface area contributed by atoms with Crippen molar-refractivity contribution in [2.24, 2.45) is 17.8 Å². The Hall–Kier alpha value is 0.0900. The standard InChI is InChI=1S/C25H43Cl2FN2O2/c1-16(2)24(29-23(31)14-17-4-3-5-20(28)8-6-17)25(32)30-12-10-18(11-13-30)19-7-9-21(26)22(27)15-19/h15-18,20-25,29,31-32H,3-14H2,1-2H3/t17?,20?,21?,22?,23?,24-,25?/m1/s1. The van der Waals surface area contributed by atoms with Gasteiger partial charge >= 0.3 is 0 Å². The summed E-state index contributed by atoms with van der Waals surface area (Å²) in [5.41, 5.74) is 1.43. The number of hydrogen-bond acceptors (Lipinski definition) is 4. The number of rotatable bonds is 8. The molecule has 32 heavy (non-hydrogen) atoms. The Labute approximate surface area is 203 Å². The molecule has 0 aromatic carbocycles. The Morgan fingerprint density at radius 1 is 1.06 bits per heavy atom. The van der Waals surface area contributed by atoms with Gasteiger partial charge in [-0.2, -0.15) is 0 Å². The molecule has 4 nitrogen and oxygen atoms in total. The Kier molecular flexibility index (Phi) is 10.6. The van der Waals surface area contributed by atoms with Gasteiger partial charge in [-0.25, -0.2) is 4.39 Å². The largest absolute Gasteiger partial charge is 0.379 e. The molecule has 7 atom stereocenters. The van der Waals surface area contributed by atoms with Crippen molar-refractivity contribution in [2.75, 3.05) is 13.1 Å². The Morgan fingerprint density at radius 3 is 2.44 bits per heavy atom. The summed E-state index contributed by atoms with van der Waals surface area (Å²) in [4.78, 5) is 2.14. The normalized spacial score (nSPS) is 34.1. The van der Waals surface area contributed by atoms with Crippen LogP contribution in [0.15, 0.2) is 11.6 Å². The molecule has 2 aliphatic carbocycles. The molecule has 0 spiro atoms. The second-order valence-electron chi connectivity index (χ2n) is 10.6. The molecule has 3 aliphatic rings. The van der Waals surface area contributed by atoms with Gasteiger partial charge in [0.25, 0.3) is 0 Å². The minimum atomic E-state index is -0.686. The first-order valence-electron chi connectivity index (χ1n) is 12.7. The van der Waals surface area contributed by atoms with Crippen LogP contribution in [0, 0.1) is 17.8 Å². The highest BCUT2D eigenvalue weighted by Gasteiger charge is 2.34. The lowest BCUT2D eigenvalue weighted by Gasteiger charge is -2.41. The number of nitrogens with one attached hydrogen (secondary N) is 1. The SMILES string of the molecule is CC(C)[C@@H](NC(O)CC1CCCC(F)CC1)C(O)N1CCC(C2=CC(Cl)C(Cl)CC2)CC1. The number of hydrogen-bond donors (Lipinski definition) is 3. The maximum Gasteiger partial charge on any atom is 0.123 e. The Morgan fingerprint density at radius 2 is 1.78 bits per heavy atom. The molecule has 186 valence electrons. The van der Waals surface area contributed by atoms with Crippen LogP contribution in [-0.2, 0) is 0 Å². The lowest BCUT2D eigenvalue weighted by atomic mass is 9.82. The number of likely N-dealkylation sites (tertiary alicyclic amines) is 1. The van der Waals surface area contributed by atoms with E-state index in [1.54, 1.807) is 0 Å². The molecule has 0 aromatic rings. The molecule has 1 saturated carbocycles. The summed E-state index contributed by atoms with van der Waals surface area (Å²) in [5, 5.41) is 25.1. The topological polar surface area (TPSA) is 55.7 Å². The zero-order chi connectivity index (χ0) is 23.3. The summed E-state index contributed by atoms with van der Waals surface area (Å²) in [7, 11) is 0. The van der Waals surface area contributed by atoms with Crippen LogP contribution in [0.4, 0.5) is 4.39 Å². The first-order valence-corrected chi connectivity index (χ1v) is 13.6. The average molecular weight is 494 g/mol. The first-order chi connectivity index (χ1) is 15.2. The zero-order valence-corrected chi connectivity index (χ0v) is 21.2. The third-order valence-electron chi connectivity index (χ3n) is 7.85. The van der Waals surface area contributed by atoms with Crippen LogP contribution in [0.2, 0.25) is 0 Å². The molecule has 1 saturated heterocycles. The summed E-state index contributed by atoms with van der Waals surface area (Å²) in [6.07, 6.45) is 8.75. The van der Waals surface area contributed by atoms with Gasteiger partial charge in [-0.3, -0.25) is 10.2 Å². The maximum atomic E-state index is 13.6. The maximum absolute atomic E-state index is 13.6. The highest BCUT2D eigenvalue weighted by atomic mass is 35.5. The highest BCUT2D eigenvalue weighted by molar-refractivity contribution is 6.31. The number of nitrogens with zero attached hydrogens (tertiary/aromatic N) is 1. The molecule has 2 fully saturated rings. The van der Waals surface area contributed by atoms with Crippen LogP contribution in [0.1, 0.15) is 78.1 Å². The minimum absolute atomic E-state index is 0.0306. The molecule has 0 bridgehead atoms. The molecule has 0 aromatic heterocycles. The Bertz CT molecular complexity index is 600. The van der Waals surface area contributed by atoms with E-state index in [0.29, 0.717) is 31.1 Å². The first kappa shape index (κ1) is 26.7. The van der Waals surface area contributed by atoms with Crippen LogP contribution < -0.4 is 5.32 Å². The van der Waals surface area contributed by atoms with Crippen molar-refractivity contribution in [1.82, 2.24) is 10.2 Å². The summed E-state index contributed by atoms with van der Waals surface area (Å²) in [6, 6.07) is -0.209. The van der Waals surface area contributed by atoms with Crippen molar-refractivity contribution in [3.8, 4) is 0 Å². The van der Waals surface area contributed by atoms with Crippen molar-refractivity contribution in [3.05, 3.63) is 11.6 Å². The van der Waals surface area contributed by atoms with E-state index in [0.717, 1.165) is 58.0 Å². The molecular weight excluding hydrogens is 450 g/mol. The lowest BCUT2D eigenvalue weighted by molar-refractivity contribution is -0.0648. The lowest BCUT2D eigenvalue weighted by Crippen LogP contribution is -2.57. The minimum Gasteiger partial charge on any atom is -0.379 e. The summed E-state index contributed by atoms with van der Waals surface area (Å²) in [5.74, 6) is 1.05. The monoisotopic (exact) mass is 492 g/mol. The van der Waals surface area contributed by atoms with Crippen molar-refractivity contribution in [3.63, 3.8) is 0 Å². The van der Waals surface area contributed by atoms with Gasteiger partial charge < -0.3 is 10.2 Å². The van der Waals surface area contributed by atoms with Crippen LogP contribution in [-0.4, -0.2) is 63.6 Å². The van der Waals surface area contributed by atoms with Crippen molar-refractivity contribution in [2.45, 2.75) is 113 Å². The number of aliphatic hydroxyl groups is 2. The molecular formula is C25H43Cl2FN2O2. The van der Waals surface area contributed by atoms with E-state index in [2.05, 4.69) is 30.1 Å². The fraction of sp³-hybridized carbons (Fsp3) is 0.920. The van der Waals surface area contributed by atoms with Gasteiger partial charge in [-0.15, -0.1) is 23.2 Å². The second-order valence-corrected chi connectivity index (χ2v) is 11.7. The van der Waals surface area contributed by atoms with Crippen molar-refractivity contribution < 1.29 is 14.6 Å². The van der Waals surface area contributed by atoms with E-state index >= 15 is 0 Å². The number of halogens is 3. The van der Waals surface area contributed by atoms with Crippen LogP contribution >= 0.6 is 23.2 Å². The predicted molar refractivity (Wildman–Crippen MR) is 131 cm³/mol. The molecule has 1 heterocycles. The predicted octanol–water partition coefficient (Wildman–Crippen LogP) is 5.19. The van der Waals surface area contributed by atoms with E-state index < -0.39 is 18.6 Å². The van der Waals surface area contributed by atoms with E-state index in [4.69, 9.17) is 23.2 Å². The summed E-state index contributed by atoms with van der Waals surface area (Å²) < 4.78 is 13.6. The average Bonchev–Trinajstić information content (AvgIpc) is 2.97. The molecule has 0 amide bonds. The second kappa shape index (κ2) is 12.7. The van der Waals surface area contributed by atoms with Crippen LogP contribution in [0.5, 0.6) is 0 Å². The quantitative estimate of drug-likeness (QED) is 0.189. The number of aliphatic hydroxyl groups excluding tert-OH is 2. The molecule has 6 unspecified atom stereocenters. The van der Waals surface area contributed by atoms with Gasteiger partial charge in [0.15, 0.2) is 0 Å². The van der Waals surface area contributed by atoms with Crippen molar-refractivity contribution >= 4 is 23.2 Å². The number of alkyl halides is 3. The fourth-order valence-electron chi connectivity index (χ4n) is 5.76.